The number of rotatable bonds is 2. The van der Waals surface area contributed by atoms with E-state index < -0.39 is 9.84 Å². The molecule has 0 bridgehead atoms. The molecule has 0 saturated heterocycles. The van der Waals surface area contributed by atoms with E-state index in [1.807, 2.05) is 13.8 Å². The molecule has 0 aliphatic heterocycles. The highest BCUT2D eigenvalue weighted by atomic mass is 32.2. The van der Waals surface area contributed by atoms with E-state index in [2.05, 4.69) is 10.2 Å². The van der Waals surface area contributed by atoms with E-state index in [9.17, 15) is 8.42 Å². The molecule has 0 amide bonds. The molecule has 0 N–H and O–H groups in total. The zero-order valence-corrected chi connectivity index (χ0v) is 9.05. The Morgan fingerprint density at radius 2 is 1.85 bits per heavy atom. The van der Waals surface area contributed by atoms with Crippen molar-refractivity contribution in [2.24, 2.45) is 0 Å². The predicted molar refractivity (Wildman–Crippen MR) is 48.1 cm³/mol. The summed E-state index contributed by atoms with van der Waals surface area (Å²) >= 11 is 0. The van der Waals surface area contributed by atoms with Crippen molar-refractivity contribution >= 4 is 9.84 Å². The highest BCUT2D eigenvalue weighted by Crippen LogP contribution is 2.06. The lowest BCUT2D eigenvalue weighted by atomic mass is 10.5. The number of hydrogen-bond acceptors (Lipinski definition) is 5. The van der Waals surface area contributed by atoms with Crippen molar-refractivity contribution in [2.45, 2.75) is 32.4 Å². The van der Waals surface area contributed by atoms with Crippen LogP contribution in [0.5, 0.6) is 0 Å². The molecule has 5 nitrogen and oxygen atoms in total. The minimum absolute atomic E-state index is 0.311. The second-order valence-electron chi connectivity index (χ2n) is 2.09. The molecule has 6 heteroatoms. The van der Waals surface area contributed by atoms with Crippen LogP contribution in [0, 0.1) is 0 Å². The fourth-order valence-corrected chi connectivity index (χ4v) is 0.968. The minimum atomic E-state index is -3.33. The molecule has 0 atom stereocenters. The van der Waals surface area contributed by atoms with Gasteiger partial charge in [-0.2, -0.15) is 0 Å². The van der Waals surface area contributed by atoms with Crippen LogP contribution < -0.4 is 0 Å². The molecule has 1 rings (SSSR count). The van der Waals surface area contributed by atoms with E-state index in [0.717, 1.165) is 6.26 Å². The third-order valence-corrected chi connectivity index (χ3v) is 1.87. The van der Waals surface area contributed by atoms with Gasteiger partial charge in [-0.15, -0.1) is 5.10 Å². The van der Waals surface area contributed by atoms with Crippen LogP contribution in [0.15, 0.2) is 9.64 Å². The van der Waals surface area contributed by atoms with Crippen molar-refractivity contribution in [2.75, 3.05) is 6.26 Å². The van der Waals surface area contributed by atoms with E-state index in [4.69, 9.17) is 4.42 Å². The summed E-state index contributed by atoms with van der Waals surface area (Å²) in [5, 5.41) is 6.55. The van der Waals surface area contributed by atoms with Gasteiger partial charge in [0.25, 0.3) is 0 Å². The first-order valence-electron chi connectivity index (χ1n) is 4.06. The van der Waals surface area contributed by atoms with E-state index in [1.54, 1.807) is 6.92 Å². The third-order valence-electron chi connectivity index (χ3n) is 1.07. The fourth-order valence-electron chi connectivity index (χ4n) is 0.531. The highest BCUT2D eigenvalue weighted by molar-refractivity contribution is 7.90. The van der Waals surface area contributed by atoms with Crippen LogP contribution in [-0.2, 0) is 16.3 Å². The monoisotopic (exact) mass is 206 g/mol. The van der Waals surface area contributed by atoms with Crippen molar-refractivity contribution in [1.29, 1.82) is 0 Å². The maximum atomic E-state index is 10.8. The van der Waals surface area contributed by atoms with Crippen molar-refractivity contribution in [3.05, 3.63) is 5.89 Å². The summed E-state index contributed by atoms with van der Waals surface area (Å²) in [5.74, 6) is 0.338. The first-order chi connectivity index (χ1) is 6.04. The van der Waals surface area contributed by atoms with Gasteiger partial charge in [-0.25, -0.2) is 8.42 Å². The van der Waals surface area contributed by atoms with Crippen molar-refractivity contribution in [1.82, 2.24) is 10.2 Å². The van der Waals surface area contributed by atoms with Crippen LogP contribution >= 0.6 is 0 Å². The second-order valence-corrected chi connectivity index (χ2v) is 3.98. The molecule has 0 unspecified atom stereocenters. The summed E-state index contributed by atoms with van der Waals surface area (Å²) in [6.45, 7) is 5.81. The van der Waals surface area contributed by atoms with Crippen LogP contribution in [0.25, 0.3) is 0 Å². The Labute approximate surface area is 78.1 Å². The summed E-state index contributed by atoms with van der Waals surface area (Å²) in [4.78, 5) is 0. The van der Waals surface area contributed by atoms with E-state index in [0.29, 0.717) is 12.3 Å². The van der Waals surface area contributed by atoms with Gasteiger partial charge in [-0.05, 0) is 0 Å². The molecular weight excluding hydrogens is 192 g/mol. The minimum Gasteiger partial charge on any atom is -0.413 e. The zero-order valence-electron chi connectivity index (χ0n) is 8.23. The van der Waals surface area contributed by atoms with Crippen LogP contribution in [0.2, 0.25) is 0 Å². The van der Waals surface area contributed by atoms with Gasteiger partial charge < -0.3 is 4.42 Å². The molecule has 1 heterocycles. The lowest BCUT2D eigenvalue weighted by molar-refractivity contribution is 0.401. The Bertz CT molecular complexity index is 342. The van der Waals surface area contributed by atoms with Gasteiger partial charge in [0.05, 0.1) is 0 Å². The van der Waals surface area contributed by atoms with Gasteiger partial charge in [-0.1, -0.05) is 25.9 Å². The number of hydrogen-bond donors (Lipinski definition) is 0. The normalized spacial score (nSPS) is 10.5. The smallest absolute Gasteiger partial charge is 0.335 e. The lowest BCUT2D eigenvalue weighted by Crippen LogP contribution is -1.96. The Morgan fingerprint density at radius 1 is 1.31 bits per heavy atom. The zero-order chi connectivity index (χ0) is 10.5. The second kappa shape index (κ2) is 4.96. The maximum absolute atomic E-state index is 10.8. The molecule has 0 aliphatic carbocycles. The molecule has 0 aliphatic rings. The standard InChI is InChI=1S/C5H8N2O3S.C2H6/c1-3-4-6-7-5(10-4)11(2,8)9;1-2/h3H2,1-2H3;1-2H3. The first-order valence-corrected chi connectivity index (χ1v) is 5.95. The highest BCUT2D eigenvalue weighted by Gasteiger charge is 2.14. The van der Waals surface area contributed by atoms with E-state index in [-0.39, 0.29) is 5.22 Å². The van der Waals surface area contributed by atoms with Gasteiger partial charge in [0.2, 0.25) is 15.7 Å². The first kappa shape index (κ1) is 12.1. The molecule has 0 aromatic carbocycles. The van der Waals surface area contributed by atoms with Crippen LogP contribution in [0.4, 0.5) is 0 Å². The lowest BCUT2D eigenvalue weighted by Gasteiger charge is -1.85. The largest absolute Gasteiger partial charge is 0.413 e. The Morgan fingerprint density at radius 3 is 2.08 bits per heavy atom. The van der Waals surface area contributed by atoms with Crippen molar-refractivity contribution < 1.29 is 12.8 Å². The number of sulfone groups is 1. The van der Waals surface area contributed by atoms with Gasteiger partial charge >= 0.3 is 5.22 Å². The van der Waals surface area contributed by atoms with Crippen molar-refractivity contribution in [3.63, 3.8) is 0 Å². The van der Waals surface area contributed by atoms with Gasteiger partial charge in [0, 0.05) is 12.7 Å². The van der Waals surface area contributed by atoms with Crippen LogP contribution in [0.3, 0.4) is 0 Å². The Balaban J connectivity index is 0.000000671. The average molecular weight is 206 g/mol. The quantitative estimate of drug-likeness (QED) is 0.723. The van der Waals surface area contributed by atoms with Gasteiger partial charge in [0.15, 0.2) is 0 Å². The van der Waals surface area contributed by atoms with Crippen molar-refractivity contribution in [3.8, 4) is 0 Å². The summed E-state index contributed by atoms with van der Waals surface area (Å²) < 4.78 is 26.3. The molecule has 13 heavy (non-hydrogen) atoms. The summed E-state index contributed by atoms with van der Waals surface area (Å²) in [7, 11) is -3.33. The molecule has 1 aromatic rings. The number of nitrogens with zero attached hydrogens (tertiary/aromatic N) is 2. The number of aryl methyl sites for hydroxylation is 1. The summed E-state index contributed by atoms with van der Waals surface area (Å²) in [5.41, 5.74) is 0. The molecular formula is C7H14N2O3S. The average Bonchev–Trinajstić information content (AvgIpc) is 2.54. The Hall–Kier alpha value is -0.910. The Kier molecular flexibility index (Phi) is 4.61. The van der Waals surface area contributed by atoms with Crippen LogP contribution in [-0.4, -0.2) is 24.9 Å². The molecule has 1 aromatic heterocycles. The molecule has 76 valence electrons. The van der Waals surface area contributed by atoms with Crippen LogP contribution in [0.1, 0.15) is 26.7 Å². The summed E-state index contributed by atoms with van der Waals surface area (Å²) in [6.07, 6.45) is 1.57. The van der Waals surface area contributed by atoms with E-state index >= 15 is 0 Å². The molecule has 0 radical (unpaired) electrons. The van der Waals surface area contributed by atoms with E-state index in [1.165, 1.54) is 0 Å². The predicted octanol–water partition coefficient (Wildman–Crippen LogP) is 1.06. The maximum Gasteiger partial charge on any atom is 0.335 e. The third kappa shape index (κ3) is 3.54. The SMILES string of the molecule is CC.CCc1nnc(S(C)(=O)=O)o1. The molecule has 0 spiro atoms. The summed E-state index contributed by atoms with van der Waals surface area (Å²) in [6, 6.07) is 0. The molecule has 0 fully saturated rings. The topological polar surface area (TPSA) is 73.1 Å². The number of aromatic nitrogens is 2. The van der Waals surface area contributed by atoms with Gasteiger partial charge in [-0.3, -0.25) is 0 Å². The molecule has 0 saturated carbocycles. The van der Waals surface area contributed by atoms with Gasteiger partial charge in [0.1, 0.15) is 0 Å². The fraction of sp³-hybridized carbons (Fsp3) is 0.714.